The zero-order valence-corrected chi connectivity index (χ0v) is 13.1. The highest BCUT2D eigenvalue weighted by Crippen LogP contribution is 2.42. The van der Waals surface area contributed by atoms with Gasteiger partial charge < -0.3 is 10.5 Å². The van der Waals surface area contributed by atoms with Crippen LogP contribution in [0.4, 0.5) is 11.4 Å². The monoisotopic (exact) mass is 344 g/mol. The number of hydrogen-bond donors (Lipinski definition) is 1. The molecule has 110 valence electrons. The molecule has 0 unspecified atom stereocenters. The van der Waals surface area contributed by atoms with Crippen molar-refractivity contribution in [2.75, 3.05) is 12.8 Å². The fourth-order valence-corrected chi connectivity index (χ4v) is 2.95. The highest BCUT2D eigenvalue weighted by Gasteiger charge is 2.18. The lowest BCUT2D eigenvalue weighted by Crippen LogP contribution is -1.94. The van der Waals surface area contributed by atoms with E-state index < -0.39 is 4.92 Å². The van der Waals surface area contributed by atoms with E-state index in [9.17, 15) is 10.1 Å². The summed E-state index contributed by atoms with van der Waals surface area (Å²) < 4.78 is 4.99. The molecule has 0 aliphatic rings. The lowest BCUT2D eigenvalue weighted by Gasteiger charge is -2.09. The third kappa shape index (κ3) is 3.34. The van der Waals surface area contributed by atoms with E-state index in [0.717, 1.165) is 11.8 Å². The van der Waals surface area contributed by atoms with Gasteiger partial charge in [0.05, 0.1) is 38.7 Å². The normalized spacial score (nSPS) is 10.4. The van der Waals surface area contributed by atoms with Crippen LogP contribution in [0.3, 0.4) is 0 Å². The molecule has 2 aromatic carbocycles. The fraction of sp³-hybridized carbons (Fsp3) is 0.0769. The van der Waals surface area contributed by atoms with E-state index in [1.165, 1.54) is 13.2 Å². The van der Waals surface area contributed by atoms with Gasteiger partial charge in [-0.2, -0.15) is 0 Å². The van der Waals surface area contributed by atoms with Crippen molar-refractivity contribution in [1.29, 1.82) is 0 Å². The number of anilines is 1. The Balaban J connectivity index is 2.44. The van der Waals surface area contributed by atoms with Gasteiger partial charge in [0.25, 0.3) is 5.69 Å². The first-order valence-electron chi connectivity index (χ1n) is 5.67. The highest BCUT2D eigenvalue weighted by molar-refractivity contribution is 7.99. The molecule has 5 nitrogen and oxygen atoms in total. The number of halogens is 2. The van der Waals surface area contributed by atoms with Crippen LogP contribution in [0, 0.1) is 10.1 Å². The average Bonchev–Trinajstić information content (AvgIpc) is 2.48. The summed E-state index contributed by atoms with van der Waals surface area (Å²) in [6.45, 7) is 0. The van der Waals surface area contributed by atoms with Crippen molar-refractivity contribution in [3.05, 3.63) is 50.5 Å². The van der Waals surface area contributed by atoms with Gasteiger partial charge in [-0.25, -0.2) is 0 Å². The minimum atomic E-state index is -0.474. The summed E-state index contributed by atoms with van der Waals surface area (Å²) in [5, 5.41) is 11.7. The third-order valence-corrected chi connectivity index (χ3v) is 4.64. The number of ether oxygens (including phenoxy) is 1. The number of nitrogens with two attached hydrogens (primary N) is 1. The summed E-state index contributed by atoms with van der Waals surface area (Å²) in [5.41, 5.74) is 6.11. The summed E-state index contributed by atoms with van der Waals surface area (Å²) in [5.74, 6) is 0.410. The molecule has 0 amide bonds. The standard InChI is InChI=1S/C13H10Cl2N2O3S/c1-20-7-2-4-10(9(6-7)17(18)19)21-11-5-3-8(14)12(15)13(11)16/h2-6H,16H2,1H3. The number of benzene rings is 2. The maximum Gasteiger partial charge on any atom is 0.286 e. The van der Waals surface area contributed by atoms with E-state index in [4.69, 9.17) is 33.7 Å². The number of methoxy groups -OCH3 is 1. The molecule has 21 heavy (non-hydrogen) atoms. The summed E-state index contributed by atoms with van der Waals surface area (Å²) >= 11 is 13.0. The first kappa shape index (κ1) is 15.8. The number of nitro benzene ring substituents is 1. The molecule has 0 spiro atoms. The number of nitrogen functional groups attached to an aromatic ring is 1. The van der Waals surface area contributed by atoms with E-state index >= 15 is 0 Å². The SMILES string of the molecule is COc1ccc(Sc2ccc(Cl)c(Cl)c2N)c([N+](=O)[O-])c1. The predicted molar refractivity (Wildman–Crippen MR) is 84.6 cm³/mol. The molecule has 0 saturated carbocycles. The van der Waals surface area contributed by atoms with Crippen LogP contribution in [0.2, 0.25) is 10.0 Å². The molecule has 0 aliphatic carbocycles. The summed E-state index contributed by atoms with van der Waals surface area (Å²) in [6.07, 6.45) is 0. The van der Waals surface area contributed by atoms with Crippen LogP contribution in [0.1, 0.15) is 0 Å². The van der Waals surface area contributed by atoms with Gasteiger partial charge in [-0.3, -0.25) is 10.1 Å². The number of hydrogen-bond acceptors (Lipinski definition) is 5. The molecule has 0 radical (unpaired) electrons. The van der Waals surface area contributed by atoms with Gasteiger partial charge >= 0.3 is 0 Å². The molecule has 2 N–H and O–H groups in total. The van der Waals surface area contributed by atoms with E-state index in [0.29, 0.717) is 26.3 Å². The molecule has 0 fully saturated rings. The lowest BCUT2D eigenvalue weighted by molar-refractivity contribution is -0.387. The van der Waals surface area contributed by atoms with Gasteiger partial charge in [-0.1, -0.05) is 35.0 Å². The Bertz CT molecular complexity index is 710. The molecule has 0 atom stereocenters. The molecule has 0 saturated heterocycles. The van der Waals surface area contributed by atoms with Crippen LogP contribution in [0.15, 0.2) is 40.1 Å². The van der Waals surface area contributed by atoms with Crippen LogP contribution in [-0.2, 0) is 0 Å². The molecule has 2 aromatic rings. The van der Waals surface area contributed by atoms with Crippen LogP contribution in [0.5, 0.6) is 5.75 Å². The topological polar surface area (TPSA) is 78.4 Å². The summed E-state index contributed by atoms with van der Waals surface area (Å²) in [6, 6.07) is 7.86. The summed E-state index contributed by atoms with van der Waals surface area (Å²) in [4.78, 5) is 11.7. The minimum absolute atomic E-state index is 0.0650. The molecule has 0 heterocycles. The van der Waals surface area contributed by atoms with Crippen LogP contribution in [0.25, 0.3) is 0 Å². The first-order chi connectivity index (χ1) is 9.93. The Labute approximate surface area is 135 Å². The molecule has 0 bridgehead atoms. The largest absolute Gasteiger partial charge is 0.497 e. The van der Waals surface area contributed by atoms with Crippen LogP contribution < -0.4 is 10.5 Å². The maximum absolute atomic E-state index is 11.1. The van der Waals surface area contributed by atoms with Gasteiger partial charge in [0.1, 0.15) is 5.75 Å². The van der Waals surface area contributed by atoms with Gasteiger partial charge in [0, 0.05) is 4.90 Å². The van der Waals surface area contributed by atoms with Crippen molar-refractivity contribution >= 4 is 46.3 Å². The Kier molecular flexibility index (Phi) is 4.82. The number of nitrogens with zero attached hydrogens (tertiary/aromatic N) is 1. The second kappa shape index (κ2) is 6.43. The number of nitro groups is 1. The minimum Gasteiger partial charge on any atom is -0.497 e. The average molecular weight is 345 g/mol. The smallest absolute Gasteiger partial charge is 0.286 e. The van der Waals surface area contributed by atoms with Crippen molar-refractivity contribution in [2.24, 2.45) is 0 Å². The third-order valence-electron chi connectivity index (χ3n) is 2.68. The molecular weight excluding hydrogens is 335 g/mol. The van der Waals surface area contributed by atoms with Crippen molar-refractivity contribution in [3.63, 3.8) is 0 Å². The van der Waals surface area contributed by atoms with Crippen molar-refractivity contribution in [3.8, 4) is 5.75 Å². The van der Waals surface area contributed by atoms with E-state index in [1.54, 1.807) is 24.3 Å². The fourth-order valence-electron chi connectivity index (χ4n) is 1.61. The van der Waals surface area contributed by atoms with E-state index in [2.05, 4.69) is 0 Å². The summed E-state index contributed by atoms with van der Waals surface area (Å²) in [7, 11) is 1.45. The van der Waals surface area contributed by atoms with Crippen LogP contribution >= 0.6 is 35.0 Å². The lowest BCUT2D eigenvalue weighted by atomic mass is 10.3. The van der Waals surface area contributed by atoms with Gasteiger partial charge in [0.15, 0.2) is 0 Å². The Hall–Kier alpha value is -1.63. The molecule has 2 rings (SSSR count). The zero-order valence-electron chi connectivity index (χ0n) is 10.8. The highest BCUT2D eigenvalue weighted by atomic mass is 35.5. The zero-order chi connectivity index (χ0) is 15.6. The van der Waals surface area contributed by atoms with E-state index in [-0.39, 0.29) is 10.7 Å². The quantitative estimate of drug-likeness (QED) is 0.496. The van der Waals surface area contributed by atoms with Gasteiger partial charge in [-0.15, -0.1) is 0 Å². The van der Waals surface area contributed by atoms with Crippen molar-refractivity contribution < 1.29 is 9.66 Å². The van der Waals surface area contributed by atoms with Crippen molar-refractivity contribution in [1.82, 2.24) is 0 Å². The van der Waals surface area contributed by atoms with Gasteiger partial charge in [-0.05, 0) is 24.3 Å². The van der Waals surface area contributed by atoms with E-state index in [1.807, 2.05) is 0 Å². The Morgan fingerprint density at radius 1 is 1.24 bits per heavy atom. The Morgan fingerprint density at radius 2 is 1.90 bits per heavy atom. The van der Waals surface area contributed by atoms with Gasteiger partial charge in [0.2, 0.25) is 0 Å². The second-order valence-electron chi connectivity index (χ2n) is 3.97. The second-order valence-corrected chi connectivity index (χ2v) is 5.83. The molecular formula is C13H10Cl2N2O3S. The molecule has 8 heteroatoms. The number of rotatable bonds is 4. The maximum atomic E-state index is 11.1. The molecule has 0 aromatic heterocycles. The molecule has 0 aliphatic heterocycles. The Morgan fingerprint density at radius 3 is 2.52 bits per heavy atom. The van der Waals surface area contributed by atoms with Crippen molar-refractivity contribution in [2.45, 2.75) is 9.79 Å². The predicted octanol–water partition coefficient (Wildman–Crippen LogP) is 4.64. The first-order valence-corrected chi connectivity index (χ1v) is 7.25. The van der Waals surface area contributed by atoms with Crippen LogP contribution in [-0.4, -0.2) is 12.0 Å².